The molecule has 1 fully saturated rings. The van der Waals surface area contributed by atoms with Crippen molar-refractivity contribution in [1.82, 2.24) is 15.1 Å². The van der Waals surface area contributed by atoms with Crippen molar-refractivity contribution < 1.29 is 18.0 Å². The van der Waals surface area contributed by atoms with Gasteiger partial charge in [-0.25, -0.2) is 0 Å². The minimum absolute atomic E-state index is 0.0138. The normalized spacial score (nSPS) is 24.1. The Kier molecular flexibility index (Phi) is 5.37. The summed E-state index contributed by atoms with van der Waals surface area (Å²) in [6, 6.07) is 0. The molecular weight excluding hydrogens is 305 g/mol. The van der Waals surface area contributed by atoms with Crippen LogP contribution in [0.15, 0.2) is 4.99 Å². The molecule has 1 saturated heterocycles. The molecule has 0 spiro atoms. The lowest BCUT2D eigenvalue weighted by Gasteiger charge is -2.35. The summed E-state index contributed by atoms with van der Waals surface area (Å²) >= 11 is 1.75. The third-order valence-electron chi connectivity index (χ3n) is 3.29. The van der Waals surface area contributed by atoms with Gasteiger partial charge >= 0.3 is 6.18 Å². The molecule has 0 aromatic heterocycles. The molecule has 2 heterocycles. The summed E-state index contributed by atoms with van der Waals surface area (Å²) in [6.07, 6.45) is -4.36. The average molecular weight is 324 g/mol. The molecule has 0 unspecified atom stereocenters. The van der Waals surface area contributed by atoms with Gasteiger partial charge in [0, 0.05) is 31.4 Å². The van der Waals surface area contributed by atoms with Crippen LogP contribution in [0, 0.1) is 0 Å². The predicted octanol–water partition coefficient (Wildman–Crippen LogP) is 0.774. The van der Waals surface area contributed by atoms with E-state index in [1.807, 2.05) is 10.2 Å². The highest BCUT2D eigenvalue weighted by atomic mass is 32.2. The van der Waals surface area contributed by atoms with Crippen molar-refractivity contribution in [1.29, 1.82) is 0 Å². The maximum atomic E-state index is 12.0. The van der Waals surface area contributed by atoms with Gasteiger partial charge in [0.1, 0.15) is 6.54 Å². The van der Waals surface area contributed by atoms with E-state index in [9.17, 15) is 18.0 Å². The van der Waals surface area contributed by atoms with Crippen LogP contribution in [-0.4, -0.2) is 78.1 Å². The van der Waals surface area contributed by atoms with Crippen molar-refractivity contribution in [3.05, 3.63) is 0 Å². The zero-order chi connectivity index (χ0) is 15.5. The molecule has 0 saturated carbocycles. The van der Waals surface area contributed by atoms with E-state index in [1.54, 1.807) is 11.8 Å². The first kappa shape index (κ1) is 16.4. The summed E-state index contributed by atoms with van der Waals surface area (Å²) in [5, 5.41) is 3.45. The topological polar surface area (TPSA) is 47.9 Å². The van der Waals surface area contributed by atoms with Gasteiger partial charge in [-0.1, -0.05) is 18.7 Å². The van der Waals surface area contributed by atoms with E-state index in [4.69, 9.17) is 0 Å². The molecule has 1 N–H and O–H groups in total. The van der Waals surface area contributed by atoms with Gasteiger partial charge in [0.05, 0.1) is 13.1 Å². The third-order valence-corrected chi connectivity index (χ3v) is 4.44. The van der Waals surface area contributed by atoms with Gasteiger partial charge in [-0.2, -0.15) is 13.2 Å². The molecule has 9 heteroatoms. The molecule has 0 aromatic rings. The van der Waals surface area contributed by atoms with Gasteiger partial charge in [0.25, 0.3) is 0 Å². The first-order valence-corrected chi connectivity index (χ1v) is 7.73. The lowest BCUT2D eigenvalue weighted by Crippen LogP contribution is -2.51. The van der Waals surface area contributed by atoms with Crippen molar-refractivity contribution >= 4 is 22.8 Å². The highest BCUT2D eigenvalue weighted by Gasteiger charge is 2.29. The average Bonchev–Trinajstić information content (AvgIpc) is 2.83. The van der Waals surface area contributed by atoms with E-state index in [2.05, 4.69) is 16.8 Å². The van der Waals surface area contributed by atoms with E-state index in [-0.39, 0.29) is 6.54 Å². The zero-order valence-corrected chi connectivity index (χ0v) is 12.6. The quantitative estimate of drug-likeness (QED) is 0.833. The van der Waals surface area contributed by atoms with Crippen molar-refractivity contribution in [2.45, 2.75) is 18.3 Å². The molecule has 0 aliphatic carbocycles. The van der Waals surface area contributed by atoms with E-state index in [0.717, 1.165) is 24.8 Å². The molecule has 2 aliphatic heterocycles. The van der Waals surface area contributed by atoms with Crippen molar-refractivity contribution in [3.63, 3.8) is 0 Å². The Morgan fingerprint density at radius 1 is 1.38 bits per heavy atom. The highest BCUT2D eigenvalue weighted by molar-refractivity contribution is 8.14. The number of halogens is 3. The Morgan fingerprint density at radius 2 is 2.05 bits per heavy atom. The molecular formula is C12H19F3N4OS. The van der Waals surface area contributed by atoms with Gasteiger partial charge < -0.3 is 10.2 Å². The van der Waals surface area contributed by atoms with Crippen LogP contribution in [0.4, 0.5) is 13.2 Å². The van der Waals surface area contributed by atoms with Crippen LogP contribution in [0.5, 0.6) is 0 Å². The van der Waals surface area contributed by atoms with Crippen molar-refractivity contribution in [2.24, 2.45) is 4.99 Å². The number of thioether (sulfide) groups is 1. The summed E-state index contributed by atoms with van der Waals surface area (Å²) in [4.78, 5) is 20.0. The number of nitrogens with one attached hydrogen (secondary N) is 1. The van der Waals surface area contributed by atoms with Crippen LogP contribution in [0.1, 0.15) is 6.92 Å². The number of alkyl halides is 3. The third kappa shape index (κ3) is 5.39. The summed E-state index contributed by atoms with van der Waals surface area (Å²) in [6.45, 7) is 4.54. The molecule has 2 rings (SSSR count). The number of amides is 1. The Balaban J connectivity index is 1.68. The summed E-state index contributed by atoms with van der Waals surface area (Å²) in [5.41, 5.74) is 0. The number of rotatable bonds is 3. The fraction of sp³-hybridized carbons (Fsp3) is 0.833. The lowest BCUT2D eigenvalue weighted by atomic mass is 10.3. The van der Waals surface area contributed by atoms with Gasteiger partial charge in [-0.05, 0) is 0 Å². The summed E-state index contributed by atoms with van der Waals surface area (Å²) < 4.78 is 36.0. The van der Waals surface area contributed by atoms with Crippen molar-refractivity contribution in [3.8, 4) is 0 Å². The number of piperazine rings is 1. The fourth-order valence-electron chi connectivity index (χ4n) is 2.19. The molecule has 1 amide bonds. The van der Waals surface area contributed by atoms with Crippen LogP contribution in [-0.2, 0) is 4.79 Å². The standard InChI is InChI=1S/C12H19F3N4OS/c1-9-6-16-11(21-9)19-4-2-18(3-5-19)7-10(20)17-8-12(13,14)15/h9H,2-8H2,1H3,(H,17,20)/t9-/m0/s1. The molecule has 1 atom stereocenters. The lowest BCUT2D eigenvalue weighted by molar-refractivity contribution is -0.139. The second-order valence-corrected chi connectivity index (χ2v) is 6.61. The molecule has 0 aromatic carbocycles. The van der Waals surface area contributed by atoms with Crippen LogP contribution >= 0.6 is 11.8 Å². The second kappa shape index (κ2) is 6.87. The van der Waals surface area contributed by atoms with Crippen LogP contribution in [0.25, 0.3) is 0 Å². The number of nitrogens with zero attached hydrogens (tertiary/aromatic N) is 3. The first-order chi connectivity index (χ1) is 9.83. The summed E-state index contributed by atoms with van der Waals surface area (Å²) in [7, 11) is 0. The first-order valence-electron chi connectivity index (χ1n) is 6.85. The molecule has 21 heavy (non-hydrogen) atoms. The van der Waals surface area contributed by atoms with E-state index in [1.165, 1.54) is 0 Å². The van der Waals surface area contributed by atoms with Gasteiger partial charge in [-0.3, -0.25) is 14.7 Å². The SMILES string of the molecule is C[C@H]1CN=C(N2CCN(CC(=O)NCC(F)(F)F)CC2)S1. The smallest absolute Gasteiger partial charge is 0.349 e. The maximum Gasteiger partial charge on any atom is 0.405 e. The van der Waals surface area contributed by atoms with Gasteiger partial charge in [0.2, 0.25) is 5.91 Å². The molecule has 0 bridgehead atoms. The number of carbonyl (C=O) groups is 1. The zero-order valence-electron chi connectivity index (χ0n) is 11.8. The number of hydrogen-bond acceptors (Lipinski definition) is 5. The van der Waals surface area contributed by atoms with Crippen molar-refractivity contribution in [2.75, 3.05) is 45.8 Å². The summed E-state index contributed by atoms with van der Waals surface area (Å²) in [5.74, 6) is -0.582. The number of hydrogen-bond donors (Lipinski definition) is 1. The molecule has 120 valence electrons. The number of aliphatic imine (C=N–C) groups is 1. The monoisotopic (exact) mass is 324 g/mol. The Bertz CT molecular complexity index is 408. The van der Waals surface area contributed by atoms with Crippen LogP contribution < -0.4 is 5.32 Å². The minimum atomic E-state index is -4.36. The van der Waals surface area contributed by atoms with E-state index in [0.29, 0.717) is 18.3 Å². The molecule has 2 aliphatic rings. The second-order valence-electron chi connectivity index (χ2n) is 5.21. The predicted molar refractivity (Wildman–Crippen MR) is 76.4 cm³/mol. The van der Waals surface area contributed by atoms with E-state index >= 15 is 0 Å². The maximum absolute atomic E-state index is 12.0. The molecule has 5 nitrogen and oxygen atoms in total. The van der Waals surface area contributed by atoms with Crippen LogP contribution in [0.2, 0.25) is 0 Å². The highest BCUT2D eigenvalue weighted by Crippen LogP contribution is 2.23. The number of amidine groups is 1. The Labute approximate surface area is 125 Å². The Morgan fingerprint density at radius 3 is 2.57 bits per heavy atom. The minimum Gasteiger partial charge on any atom is -0.349 e. The largest absolute Gasteiger partial charge is 0.405 e. The van der Waals surface area contributed by atoms with Gasteiger partial charge in [0.15, 0.2) is 5.17 Å². The van der Waals surface area contributed by atoms with E-state index < -0.39 is 18.6 Å². The van der Waals surface area contributed by atoms with Gasteiger partial charge in [-0.15, -0.1) is 0 Å². The fourth-order valence-corrected chi connectivity index (χ4v) is 3.18. The number of carbonyl (C=O) groups excluding carboxylic acids is 1. The Hall–Kier alpha value is -0.960. The molecule has 0 radical (unpaired) electrons. The van der Waals surface area contributed by atoms with Crippen LogP contribution in [0.3, 0.4) is 0 Å².